The molecule has 5 atom stereocenters. The first kappa shape index (κ1) is 21.6. The lowest BCUT2D eigenvalue weighted by atomic mass is 9.69. The van der Waals surface area contributed by atoms with Crippen molar-refractivity contribution in [3.63, 3.8) is 0 Å². The van der Waals surface area contributed by atoms with Gasteiger partial charge < -0.3 is 25.4 Å². The van der Waals surface area contributed by atoms with E-state index in [1.165, 1.54) is 25.1 Å². The van der Waals surface area contributed by atoms with E-state index in [0.717, 1.165) is 5.56 Å². The summed E-state index contributed by atoms with van der Waals surface area (Å²) in [5.74, 6) is 10.0. The first-order valence-electron chi connectivity index (χ1n) is 11.4. The molecule has 2 aromatic carbocycles. The Hall–Kier alpha value is -3.88. The van der Waals surface area contributed by atoms with E-state index in [0.29, 0.717) is 12.0 Å². The molecule has 0 radical (unpaired) electrons. The summed E-state index contributed by atoms with van der Waals surface area (Å²) in [5, 5.41) is 36.3. The van der Waals surface area contributed by atoms with Gasteiger partial charge >= 0.3 is 0 Å². The Kier molecular flexibility index (Phi) is 4.37. The van der Waals surface area contributed by atoms with Gasteiger partial charge in [0, 0.05) is 16.7 Å². The molecule has 0 spiro atoms. The fourth-order valence-electron chi connectivity index (χ4n) is 5.85. The molecule has 6 rings (SSSR count). The number of hydrogen-bond donors (Lipinski definition) is 4. The van der Waals surface area contributed by atoms with E-state index in [4.69, 9.17) is 4.74 Å². The number of benzene rings is 2. The van der Waals surface area contributed by atoms with E-state index >= 15 is 0 Å². The van der Waals surface area contributed by atoms with E-state index in [9.17, 15) is 24.9 Å². The number of aromatic hydroxyl groups is 1. The summed E-state index contributed by atoms with van der Waals surface area (Å²) in [7, 11) is 0. The lowest BCUT2D eigenvalue weighted by Crippen LogP contribution is -2.54. The van der Waals surface area contributed by atoms with E-state index in [1.807, 2.05) is 6.92 Å². The highest BCUT2D eigenvalue weighted by Gasteiger charge is 2.82. The number of epoxide rings is 1. The summed E-state index contributed by atoms with van der Waals surface area (Å²) in [6.07, 6.45) is 1.06. The second kappa shape index (κ2) is 7.07. The van der Waals surface area contributed by atoms with Crippen LogP contribution in [0.5, 0.6) is 5.75 Å². The Morgan fingerprint density at radius 1 is 1.11 bits per heavy atom. The van der Waals surface area contributed by atoms with Crippen LogP contribution in [-0.4, -0.2) is 50.7 Å². The molecule has 4 aliphatic rings. The Morgan fingerprint density at radius 2 is 1.86 bits per heavy atom. The highest BCUT2D eigenvalue weighted by atomic mass is 16.7. The molecule has 2 aliphatic heterocycles. The molecule has 0 aromatic heterocycles. The van der Waals surface area contributed by atoms with Crippen molar-refractivity contribution < 1.29 is 29.6 Å². The van der Waals surface area contributed by atoms with Crippen LogP contribution < -0.4 is 5.32 Å². The third kappa shape index (κ3) is 2.47. The predicted octanol–water partition coefficient (Wildman–Crippen LogP) is 1.81. The number of allylic oxidation sites excluding steroid dienone is 2. The Morgan fingerprint density at radius 3 is 2.57 bits per heavy atom. The number of fused-ring (bicyclic) bond motifs is 4. The highest BCUT2D eigenvalue weighted by Crippen LogP contribution is 2.67. The number of hydrogen-bond acceptors (Lipinski definition) is 7. The molecule has 2 bridgehead atoms. The first-order chi connectivity index (χ1) is 16.8. The Labute approximate surface area is 201 Å². The number of aliphatic hydroxyl groups is 2. The molecule has 7 heteroatoms. The maximum Gasteiger partial charge on any atom is 0.198 e. The number of nitrogens with one attached hydrogen (secondary N) is 1. The summed E-state index contributed by atoms with van der Waals surface area (Å²) in [5.41, 5.74) is -1.31. The lowest BCUT2D eigenvalue weighted by molar-refractivity contribution is 0.0867. The quantitative estimate of drug-likeness (QED) is 0.258. The molecule has 0 unspecified atom stereocenters. The molecule has 1 fully saturated rings. The van der Waals surface area contributed by atoms with Crippen molar-refractivity contribution in [1.29, 1.82) is 0 Å². The van der Waals surface area contributed by atoms with Crippen LogP contribution in [0.2, 0.25) is 0 Å². The molecular formula is C28H21NO6. The zero-order valence-corrected chi connectivity index (χ0v) is 19.0. The van der Waals surface area contributed by atoms with Crippen LogP contribution in [0.4, 0.5) is 5.69 Å². The predicted molar refractivity (Wildman–Crippen MR) is 126 cm³/mol. The maximum atomic E-state index is 13.9. The Bertz CT molecular complexity index is 1510. The number of carbonyl (C=O) groups excluding carboxylic acids is 2. The van der Waals surface area contributed by atoms with E-state index in [-0.39, 0.29) is 27.9 Å². The smallest absolute Gasteiger partial charge is 0.198 e. The van der Waals surface area contributed by atoms with Crippen molar-refractivity contribution in [2.24, 2.45) is 0 Å². The van der Waals surface area contributed by atoms with Crippen molar-refractivity contribution in [2.45, 2.75) is 49.7 Å². The number of aliphatic hydroxyl groups excluding tert-OH is 2. The number of anilines is 1. The molecule has 2 heterocycles. The summed E-state index contributed by atoms with van der Waals surface area (Å²) in [6, 6.07) is 5.58. The number of carbonyl (C=O) groups is 2. The normalized spacial score (nSPS) is 30.5. The lowest BCUT2D eigenvalue weighted by Gasteiger charge is -2.37. The van der Waals surface area contributed by atoms with Crippen molar-refractivity contribution in [2.75, 3.05) is 5.32 Å². The minimum Gasteiger partial charge on any atom is -0.507 e. The molecule has 4 N–H and O–H groups in total. The molecule has 174 valence electrons. The van der Waals surface area contributed by atoms with E-state index in [2.05, 4.69) is 29.0 Å². The molecule has 35 heavy (non-hydrogen) atoms. The number of phenolic OH excluding ortho intramolecular Hbond substituents is 1. The van der Waals surface area contributed by atoms with Gasteiger partial charge in [-0.1, -0.05) is 48.8 Å². The maximum absolute atomic E-state index is 13.9. The minimum atomic E-state index is -1.57. The first-order valence-corrected chi connectivity index (χ1v) is 11.4. The van der Waals surface area contributed by atoms with Crippen molar-refractivity contribution in [3.05, 3.63) is 69.8 Å². The topological polar surface area (TPSA) is 119 Å². The van der Waals surface area contributed by atoms with Crippen LogP contribution in [0.3, 0.4) is 0 Å². The summed E-state index contributed by atoms with van der Waals surface area (Å²) in [4.78, 5) is 27.4. The third-order valence-corrected chi connectivity index (χ3v) is 7.45. The van der Waals surface area contributed by atoms with Gasteiger partial charge in [-0.25, -0.2) is 0 Å². The second-order valence-corrected chi connectivity index (χ2v) is 9.12. The fourth-order valence-corrected chi connectivity index (χ4v) is 5.85. The number of rotatable bonds is 2. The van der Waals surface area contributed by atoms with Crippen molar-refractivity contribution in [3.8, 4) is 29.4 Å². The van der Waals surface area contributed by atoms with Crippen LogP contribution in [0.15, 0.2) is 36.4 Å². The fraction of sp³-hybridized carbons (Fsp3) is 0.286. The van der Waals surface area contributed by atoms with Crippen LogP contribution >= 0.6 is 0 Å². The summed E-state index contributed by atoms with van der Waals surface area (Å²) in [6.45, 7) is 3.43. The standard InChI is InChI=1S/C28H21NO6/c1-3-15-9-8-10-16-21(15)26(34)23-22(25(16)33)18(31)13-17-24(23)29-19-11-6-4-5-7-12-20(32)28(17)27(19,35-28)14(2)30/h4-5,8-10,13-14,19-20,29-32H,3H2,1-2H3/b5-4-/t14-,19+,20-,27+,28+/m1/s1. The second-order valence-electron chi connectivity index (χ2n) is 9.12. The average molecular weight is 467 g/mol. The number of ether oxygens (including phenoxy) is 1. The van der Waals surface area contributed by atoms with Gasteiger partial charge in [-0.15, -0.1) is 0 Å². The SMILES string of the molecule is CCc1cccc2c1C(=O)c1c3c(cc(O)c1C2=O)[C@@]12O[C@@]1([C@@H](C)O)[C@H](C#C/C=C\C#C[C@H]2O)N3. The monoisotopic (exact) mass is 467 g/mol. The van der Waals surface area contributed by atoms with Gasteiger partial charge in [-0.2, -0.15) is 0 Å². The van der Waals surface area contributed by atoms with E-state index in [1.54, 1.807) is 18.2 Å². The third-order valence-electron chi connectivity index (χ3n) is 7.45. The molecule has 2 aromatic rings. The van der Waals surface area contributed by atoms with Gasteiger partial charge in [-0.05, 0) is 37.1 Å². The zero-order valence-electron chi connectivity index (χ0n) is 19.0. The van der Waals surface area contributed by atoms with Crippen molar-refractivity contribution >= 4 is 17.3 Å². The molecule has 2 aliphatic carbocycles. The van der Waals surface area contributed by atoms with Crippen LogP contribution in [0.1, 0.15) is 56.8 Å². The van der Waals surface area contributed by atoms with Gasteiger partial charge in [0.05, 0.1) is 22.9 Å². The largest absolute Gasteiger partial charge is 0.507 e. The van der Waals surface area contributed by atoms with Crippen LogP contribution in [0, 0.1) is 23.7 Å². The average Bonchev–Trinajstić information content (AvgIpc) is 3.57. The number of aryl methyl sites for hydroxylation is 1. The van der Waals surface area contributed by atoms with Gasteiger partial charge in [0.2, 0.25) is 0 Å². The minimum absolute atomic E-state index is 0.00651. The molecule has 7 nitrogen and oxygen atoms in total. The summed E-state index contributed by atoms with van der Waals surface area (Å²) >= 11 is 0. The van der Waals surface area contributed by atoms with Crippen LogP contribution in [-0.2, 0) is 16.8 Å². The van der Waals surface area contributed by atoms with Gasteiger partial charge in [0.15, 0.2) is 28.9 Å². The number of phenols is 1. The molecular weight excluding hydrogens is 446 g/mol. The van der Waals surface area contributed by atoms with Crippen LogP contribution in [0.25, 0.3) is 0 Å². The van der Waals surface area contributed by atoms with Gasteiger partial charge in [-0.3, -0.25) is 9.59 Å². The molecule has 0 amide bonds. The Balaban J connectivity index is 1.69. The zero-order chi connectivity index (χ0) is 24.7. The number of ketones is 2. The van der Waals surface area contributed by atoms with Crippen molar-refractivity contribution in [1.82, 2.24) is 0 Å². The van der Waals surface area contributed by atoms with Gasteiger partial charge in [0.25, 0.3) is 0 Å². The molecule has 1 saturated heterocycles. The van der Waals surface area contributed by atoms with Gasteiger partial charge in [0.1, 0.15) is 11.8 Å². The summed E-state index contributed by atoms with van der Waals surface area (Å²) < 4.78 is 6.17. The highest BCUT2D eigenvalue weighted by molar-refractivity contribution is 6.32. The van der Waals surface area contributed by atoms with E-state index < -0.39 is 46.8 Å². The molecule has 0 saturated carbocycles.